The van der Waals surface area contributed by atoms with Gasteiger partial charge in [-0.15, -0.1) is 0 Å². The summed E-state index contributed by atoms with van der Waals surface area (Å²) in [4.78, 5) is 26.6. The summed E-state index contributed by atoms with van der Waals surface area (Å²) in [7, 11) is 0. The van der Waals surface area contributed by atoms with Crippen LogP contribution in [0.2, 0.25) is 0 Å². The Morgan fingerprint density at radius 3 is 2.88 bits per heavy atom. The number of aromatic amines is 1. The second kappa shape index (κ2) is 8.22. The lowest BCUT2D eigenvalue weighted by atomic mass is 9.79. The average molecular weight is 457 g/mol. The van der Waals surface area contributed by atoms with Crippen molar-refractivity contribution in [3.63, 3.8) is 0 Å². The molecule has 4 heterocycles. The van der Waals surface area contributed by atoms with Gasteiger partial charge in [0, 0.05) is 53.8 Å². The fraction of sp³-hybridized carbons (Fsp3) is 0.481. The lowest BCUT2D eigenvalue weighted by Crippen LogP contribution is -2.59. The van der Waals surface area contributed by atoms with E-state index < -0.39 is 0 Å². The Hall–Kier alpha value is -3.22. The van der Waals surface area contributed by atoms with Crippen LogP contribution in [0.3, 0.4) is 0 Å². The van der Waals surface area contributed by atoms with Crippen LogP contribution in [0.4, 0.5) is 5.95 Å². The van der Waals surface area contributed by atoms with Crippen LogP contribution < -0.4 is 4.90 Å². The van der Waals surface area contributed by atoms with E-state index in [1.807, 2.05) is 11.1 Å². The molecule has 6 rings (SSSR count). The molecule has 3 aliphatic rings. The molecule has 1 amide bonds. The SMILES string of the molecule is C=CC(=O)N1CC2(CCN(c3nc4c(c(-c5c(CCC)ccc6[nH]ncc56)n3)CCCC4)C2)C1. The van der Waals surface area contributed by atoms with E-state index in [9.17, 15) is 4.79 Å². The van der Waals surface area contributed by atoms with Crippen molar-refractivity contribution in [2.75, 3.05) is 31.1 Å². The number of hydrogen-bond acceptors (Lipinski definition) is 5. The summed E-state index contributed by atoms with van der Waals surface area (Å²) in [6, 6.07) is 4.38. The Balaban J connectivity index is 1.41. The van der Waals surface area contributed by atoms with Crippen LogP contribution >= 0.6 is 0 Å². The number of rotatable bonds is 5. The van der Waals surface area contributed by atoms with Gasteiger partial charge < -0.3 is 9.80 Å². The molecule has 2 saturated heterocycles. The summed E-state index contributed by atoms with van der Waals surface area (Å²) in [5.74, 6) is 0.886. The first kappa shape index (κ1) is 21.3. The minimum atomic E-state index is 0.0352. The van der Waals surface area contributed by atoms with E-state index in [1.165, 1.54) is 41.3 Å². The molecule has 176 valence electrons. The maximum Gasteiger partial charge on any atom is 0.245 e. The Morgan fingerprint density at radius 2 is 2.06 bits per heavy atom. The minimum Gasteiger partial charge on any atom is -0.340 e. The molecular formula is C27H32N6O. The summed E-state index contributed by atoms with van der Waals surface area (Å²) in [6.07, 6.45) is 11.0. The number of likely N-dealkylation sites (tertiary alicyclic amines) is 1. The van der Waals surface area contributed by atoms with E-state index in [1.54, 1.807) is 0 Å². The maximum absolute atomic E-state index is 12.0. The predicted molar refractivity (Wildman–Crippen MR) is 134 cm³/mol. The molecule has 0 radical (unpaired) electrons. The number of carbonyl (C=O) groups excluding carboxylic acids is 1. The summed E-state index contributed by atoms with van der Waals surface area (Å²) < 4.78 is 0. The van der Waals surface area contributed by atoms with Crippen LogP contribution in [0, 0.1) is 5.41 Å². The number of amides is 1. The van der Waals surface area contributed by atoms with Crippen LogP contribution in [0.25, 0.3) is 22.2 Å². The number of aryl methyl sites for hydroxylation is 2. The molecule has 0 unspecified atom stereocenters. The van der Waals surface area contributed by atoms with Crippen molar-refractivity contribution in [2.45, 2.75) is 51.9 Å². The molecule has 7 heteroatoms. The first-order chi connectivity index (χ1) is 16.6. The molecule has 7 nitrogen and oxygen atoms in total. The van der Waals surface area contributed by atoms with Crippen LogP contribution in [0.15, 0.2) is 31.0 Å². The third-order valence-corrected chi connectivity index (χ3v) is 7.90. The zero-order valence-corrected chi connectivity index (χ0v) is 19.9. The van der Waals surface area contributed by atoms with E-state index in [-0.39, 0.29) is 11.3 Å². The second-order valence-electron chi connectivity index (χ2n) is 10.3. The zero-order chi connectivity index (χ0) is 23.3. The Labute approximate surface area is 200 Å². The lowest BCUT2D eigenvalue weighted by Gasteiger charge is -2.47. The molecule has 1 spiro atoms. The molecule has 0 atom stereocenters. The fourth-order valence-corrected chi connectivity index (χ4v) is 6.16. The second-order valence-corrected chi connectivity index (χ2v) is 10.3. The van der Waals surface area contributed by atoms with E-state index in [0.29, 0.717) is 0 Å². The minimum absolute atomic E-state index is 0.0352. The number of fused-ring (bicyclic) bond motifs is 2. The molecule has 1 N–H and O–H groups in total. The van der Waals surface area contributed by atoms with Crippen molar-refractivity contribution in [2.24, 2.45) is 5.41 Å². The molecule has 2 aromatic heterocycles. The third-order valence-electron chi connectivity index (χ3n) is 7.90. The highest BCUT2D eigenvalue weighted by Crippen LogP contribution is 2.42. The van der Waals surface area contributed by atoms with E-state index in [2.05, 4.69) is 40.7 Å². The van der Waals surface area contributed by atoms with Gasteiger partial charge in [-0.1, -0.05) is 26.0 Å². The Bertz CT molecular complexity index is 1270. The number of nitrogens with one attached hydrogen (secondary N) is 1. The van der Waals surface area contributed by atoms with E-state index in [0.717, 1.165) is 80.8 Å². The van der Waals surface area contributed by atoms with Crippen LogP contribution in [0.5, 0.6) is 0 Å². The predicted octanol–water partition coefficient (Wildman–Crippen LogP) is 4.08. The zero-order valence-electron chi connectivity index (χ0n) is 19.9. The highest BCUT2D eigenvalue weighted by Gasteiger charge is 2.49. The molecular weight excluding hydrogens is 424 g/mol. The van der Waals surface area contributed by atoms with Gasteiger partial charge >= 0.3 is 0 Å². The smallest absolute Gasteiger partial charge is 0.245 e. The van der Waals surface area contributed by atoms with Gasteiger partial charge in [-0.3, -0.25) is 9.89 Å². The standard InChI is InChI=1S/C27H32N6O/c1-3-7-18-10-11-22-20(14-28-31-22)24(18)25-19-8-5-6-9-21(19)29-26(30-25)32-13-12-27(15-32)16-33(17-27)23(34)4-2/h4,10-11,14H,2-3,5-9,12-13,15-17H2,1H3,(H,28,31). The molecule has 1 aromatic carbocycles. The molecule has 3 aromatic rings. The van der Waals surface area contributed by atoms with Crippen molar-refractivity contribution < 1.29 is 4.79 Å². The van der Waals surface area contributed by atoms with Crippen molar-refractivity contribution in [3.05, 3.63) is 47.8 Å². The highest BCUT2D eigenvalue weighted by molar-refractivity contribution is 5.96. The monoisotopic (exact) mass is 456 g/mol. The van der Waals surface area contributed by atoms with Crippen molar-refractivity contribution in [1.29, 1.82) is 0 Å². The van der Waals surface area contributed by atoms with Crippen molar-refractivity contribution in [1.82, 2.24) is 25.1 Å². The van der Waals surface area contributed by atoms with E-state index >= 15 is 0 Å². The third kappa shape index (κ3) is 3.40. The fourth-order valence-electron chi connectivity index (χ4n) is 6.16. The summed E-state index contributed by atoms with van der Waals surface area (Å²) in [6.45, 7) is 9.32. The van der Waals surface area contributed by atoms with Gasteiger partial charge in [0.15, 0.2) is 0 Å². The van der Waals surface area contributed by atoms with Gasteiger partial charge in [-0.2, -0.15) is 5.10 Å². The van der Waals surface area contributed by atoms with Gasteiger partial charge in [-0.25, -0.2) is 9.97 Å². The molecule has 1 aliphatic carbocycles. The van der Waals surface area contributed by atoms with Gasteiger partial charge in [-0.05, 0) is 56.2 Å². The topological polar surface area (TPSA) is 78.0 Å². The van der Waals surface area contributed by atoms with Crippen LogP contribution in [0.1, 0.15) is 49.4 Å². The maximum atomic E-state index is 12.0. The van der Waals surface area contributed by atoms with Crippen LogP contribution in [-0.4, -0.2) is 57.2 Å². The molecule has 2 aliphatic heterocycles. The lowest BCUT2D eigenvalue weighted by molar-refractivity contribution is -0.136. The van der Waals surface area contributed by atoms with Crippen LogP contribution in [-0.2, 0) is 24.1 Å². The number of nitrogens with zero attached hydrogens (tertiary/aromatic N) is 5. The molecule has 0 bridgehead atoms. The number of hydrogen-bond donors (Lipinski definition) is 1. The normalized spacial score (nSPS) is 18.9. The quantitative estimate of drug-likeness (QED) is 0.586. The van der Waals surface area contributed by atoms with Gasteiger partial charge in [0.2, 0.25) is 11.9 Å². The molecule has 0 saturated carbocycles. The number of anilines is 1. The van der Waals surface area contributed by atoms with Gasteiger partial charge in [0.05, 0.1) is 17.4 Å². The number of aromatic nitrogens is 4. The highest BCUT2D eigenvalue weighted by atomic mass is 16.2. The summed E-state index contributed by atoms with van der Waals surface area (Å²) >= 11 is 0. The molecule has 2 fully saturated rings. The Morgan fingerprint density at radius 1 is 1.21 bits per heavy atom. The van der Waals surface area contributed by atoms with Crippen molar-refractivity contribution in [3.8, 4) is 11.3 Å². The largest absolute Gasteiger partial charge is 0.340 e. The van der Waals surface area contributed by atoms with Crippen molar-refractivity contribution >= 4 is 22.8 Å². The first-order valence-electron chi connectivity index (χ1n) is 12.6. The number of benzene rings is 1. The number of H-pyrrole nitrogens is 1. The number of carbonyl (C=O) groups is 1. The van der Waals surface area contributed by atoms with E-state index in [4.69, 9.17) is 9.97 Å². The average Bonchev–Trinajstić information content (AvgIpc) is 3.50. The summed E-state index contributed by atoms with van der Waals surface area (Å²) in [5, 5.41) is 8.65. The van der Waals surface area contributed by atoms with Gasteiger partial charge in [0.25, 0.3) is 0 Å². The Kier molecular flexibility index (Phi) is 5.15. The molecule has 34 heavy (non-hydrogen) atoms. The summed E-state index contributed by atoms with van der Waals surface area (Å²) in [5.41, 5.74) is 7.43. The first-order valence-corrected chi connectivity index (χ1v) is 12.6. The van der Waals surface area contributed by atoms with Gasteiger partial charge in [0.1, 0.15) is 0 Å².